The van der Waals surface area contributed by atoms with Crippen molar-refractivity contribution >= 4 is 26.6 Å². The molecule has 3 rings (SSSR count). The molecule has 6 nitrogen and oxygen atoms in total. The second-order valence-electron chi connectivity index (χ2n) is 5.57. The number of rotatable bonds is 3. The van der Waals surface area contributed by atoms with E-state index in [1.54, 1.807) is 24.3 Å². The molecular formula is C15H16N2O4S. The number of H-pyrrole nitrogens is 1. The van der Waals surface area contributed by atoms with E-state index in [4.69, 9.17) is 0 Å². The van der Waals surface area contributed by atoms with Crippen molar-refractivity contribution in [3.63, 3.8) is 0 Å². The molecule has 1 aliphatic heterocycles. The van der Waals surface area contributed by atoms with Crippen LogP contribution in [0.5, 0.6) is 0 Å². The lowest BCUT2D eigenvalue weighted by atomic mass is 10.1. The number of nitrogens with one attached hydrogen (secondary N) is 2. The third-order valence-corrected chi connectivity index (χ3v) is 5.71. The van der Waals surface area contributed by atoms with Gasteiger partial charge in [-0.05, 0) is 18.4 Å². The van der Waals surface area contributed by atoms with Crippen LogP contribution in [0.3, 0.4) is 0 Å². The smallest absolute Gasteiger partial charge is 0.252 e. The molecule has 22 heavy (non-hydrogen) atoms. The molecule has 0 aliphatic carbocycles. The molecule has 0 spiro atoms. The molecule has 7 heteroatoms. The Morgan fingerprint density at radius 2 is 2.09 bits per heavy atom. The zero-order valence-corrected chi connectivity index (χ0v) is 12.7. The molecule has 0 saturated carbocycles. The summed E-state index contributed by atoms with van der Waals surface area (Å²) in [4.78, 5) is 26.6. The van der Waals surface area contributed by atoms with Crippen LogP contribution < -0.4 is 10.9 Å². The average Bonchev–Trinajstić information content (AvgIpc) is 2.83. The van der Waals surface area contributed by atoms with Crippen molar-refractivity contribution < 1.29 is 13.2 Å². The van der Waals surface area contributed by atoms with Crippen molar-refractivity contribution in [1.29, 1.82) is 0 Å². The van der Waals surface area contributed by atoms with Crippen LogP contribution in [-0.2, 0) is 9.84 Å². The van der Waals surface area contributed by atoms with Crippen molar-refractivity contribution in [1.82, 2.24) is 10.3 Å². The van der Waals surface area contributed by atoms with Crippen LogP contribution in [0.1, 0.15) is 16.8 Å². The molecule has 1 aliphatic rings. The highest BCUT2D eigenvalue weighted by molar-refractivity contribution is 7.91. The normalized spacial score (nSPS) is 20.1. The van der Waals surface area contributed by atoms with E-state index in [0.717, 1.165) is 0 Å². The number of para-hydroxylation sites is 1. The van der Waals surface area contributed by atoms with Crippen LogP contribution in [0.25, 0.3) is 10.9 Å². The van der Waals surface area contributed by atoms with Gasteiger partial charge in [-0.25, -0.2) is 8.42 Å². The maximum atomic E-state index is 12.3. The Morgan fingerprint density at radius 1 is 1.32 bits per heavy atom. The first-order valence-electron chi connectivity index (χ1n) is 7.05. The van der Waals surface area contributed by atoms with Gasteiger partial charge in [-0.2, -0.15) is 0 Å². The third-order valence-electron chi connectivity index (χ3n) is 3.87. The molecule has 2 N–H and O–H groups in total. The molecule has 1 fully saturated rings. The van der Waals surface area contributed by atoms with Gasteiger partial charge >= 0.3 is 0 Å². The quantitative estimate of drug-likeness (QED) is 0.870. The van der Waals surface area contributed by atoms with Crippen LogP contribution in [0.15, 0.2) is 35.1 Å². The van der Waals surface area contributed by atoms with Gasteiger partial charge < -0.3 is 10.3 Å². The molecule has 1 unspecified atom stereocenters. The lowest BCUT2D eigenvalue weighted by Gasteiger charge is -2.11. The number of fused-ring (bicyclic) bond motifs is 1. The maximum absolute atomic E-state index is 12.3. The number of sulfone groups is 1. The second-order valence-corrected chi connectivity index (χ2v) is 7.80. The highest BCUT2D eigenvalue weighted by atomic mass is 32.2. The van der Waals surface area contributed by atoms with Gasteiger partial charge in [0.25, 0.3) is 5.91 Å². The first-order valence-corrected chi connectivity index (χ1v) is 8.87. The zero-order valence-electron chi connectivity index (χ0n) is 11.8. The van der Waals surface area contributed by atoms with Gasteiger partial charge in [-0.15, -0.1) is 0 Å². The molecule has 2 heterocycles. The average molecular weight is 320 g/mol. The SMILES string of the molecule is O=C(NCC1CCS(=O)(=O)C1)c1cc(=O)[nH]c2ccccc12. The fourth-order valence-electron chi connectivity index (χ4n) is 2.76. The van der Waals surface area contributed by atoms with Crippen LogP contribution >= 0.6 is 0 Å². The summed E-state index contributed by atoms with van der Waals surface area (Å²) in [5.41, 5.74) is 0.566. The minimum atomic E-state index is -2.96. The van der Waals surface area contributed by atoms with E-state index < -0.39 is 9.84 Å². The molecule has 1 amide bonds. The standard InChI is InChI=1S/C15H16N2O4S/c18-14-7-12(11-3-1-2-4-13(11)17-14)15(19)16-8-10-5-6-22(20,21)9-10/h1-4,7,10H,5-6,8-9H2,(H,16,19)(H,17,18). The maximum Gasteiger partial charge on any atom is 0.252 e. The zero-order chi connectivity index (χ0) is 15.7. The van der Waals surface area contributed by atoms with Gasteiger partial charge in [-0.3, -0.25) is 9.59 Å². The van der Waals surface area contributed by atoms with E-state index >= 15 is 0 Å². The topological polar surface area (TPSA) is 96.1 Å². The highest BCUT2D eigenvalue weighted by Crippen LogP contribution is 2.18. The van der Waals surface area contributed by atoms with Crippen molar-refractivity contribution in [2.24, 2.45) is 5.92 Å². The van der Waals surface area contributed by atoms with Gasteiger partial charge in [0.2, 0.25) is 5.56 Å². The first-order chi connectivity index (χ1) is 10.4. The Labute approximate surface area is 127 Å². The Hall–Kier alpha value is -2.15. The fraction of sp³-hybridized carbons (Fsp3) is 0.333. The predicted octanol–water partition coefficient (Wildman–Crippen LogP) is 0.693. The Morgan fingerprint density at radius 3 is 2.82 bits per heavy atom. The van der Waals surface area contributed by atoms with E-state index in [-0.39, 0.29) is 28.9 Å². The summed E-state index contributed by atoms with van der Waals surface area (Å²) in [6.45, 7) is 0.305. The summed E-state index contributed by atoms with van der Waals surface area (Å²) in [7, 11) is -2.96. The molecule has 1 atom stereocenters. The lowest BCUT2D eigenvalue weighted by molar-refractivity contribution is 0.0950. The summed E-state index contributed by atoms with van der Waals surface area (Å²) in [6.07, 6.45) is 0.568. The van der Waals surface area contributed by atoms with E-state index in [9.17, 15) is 18.0 Å². The van der Waals surface area contributed by atoms with Crippen LogP contribution in [0.4, 0.5) is 0 Å². The van der Waals surface area contributed by atoms with Gasteiger partial charge in [0.1, 0.15) is 0 Å². The summed E-state index contributed by atoms with van der Waals surface area (Å²) >= 11 is 0. The number of aromatic amines is 1. The molecule has 1 saturated heterocycles. The van der Waals surface area contributed by atoms with Gasteiger partial charge in [0.05, 0.1) is 17.1 Å². The second kappa shape index (κ2) is 5.57. The molecule has 1 aromatic heterocycles. The van der Waals surface area contributed by atoms with E-state index in [1.807, 2.05) is 0 Å². The number of aromatic nitrogens is 1. The minimum absolute atomic E-state index is 0.0535. The molecule has 116 valence electrons. The molecule has 0 radical (unpaired) electrons. The number of carbonyl (C=O) groups is 1. The van der Waals surface area contributed by atoms with Crippen molar-refractivity contribution in [3.8, 4) is 0 Å². The van der Waals surface area contributed by atoms with Gasteiger partial charge in [-0.1, -0.05) is 18.2 Å². The summed E-state index contributed by atoms with van der Waals surface area (Å²) < 4.78 is 22.8. The Bertz CT molecular complexity index is 886. The number of pyridine rings is 1. The summed E-state index contributed by atoms with van der Waals surface area (Å²) in [5.74, 6) is -0.112. The number of hydrogen-bond acceptors (Lipinski definition) is 4. The van der Waals surface area contributed by atoms with Crippen LogP contribution in [0, 0.1) is 5.92 Å². The van der Waals surface area contributed by atoms with Gasteiger partial charge in [0.15, 0.2) is 9.84 Å². The first kappa shape index (κ1) is 14.8. The van der Waals surface area contributed by atoms with Crippen LogP contribution in [0.2, 0.25) is 0 Å². The Kier molecular flexibility index (Phi) is 3.74. The highest BCUT2D eigenvalue weighted by Gasteiger charge is 2.28. The molecule has 0 bridgehead atoms. The number of benzene rings is 1. The lowest BCUT2D eigenvalue weighted by Crippen LogP contribution is -2.30. The molecule has 2 aromatic rings. The summed E-state index contributed by atoms with van der Waals surface area (Å²) in [5, 5.41) is 3.41. The monoisotopic (exact) mass is 320 g/mol. The molecule has 1 aromatic carbocycles. The number of carbonyl (C=O) groups excluding carboxylic acids is 1. The van der Waals surface area contributed by atoms with Crippen molar-refractivity contribution in [2.45, 2.75) is 6.42 Å². The van der Waals surface area contributed by atoms with E-state index in [2.05, 4.69) is 10.3 Å². The van der Waals surface area contributed by atoms with Crippen LogP contribution in [-0.4, -0.2) is 37.4 Å². The van der Waals surface area contributed by atoms with Gasteiger partial charge in [0, 0.05) is 23.5 Å². The predicted molar refractivity (Wildman–Crippen MR) is 83.7 cm³/mol. The van der Waals surface area contributed by atoms with Crippen molar-refractivity contribution in [3.05, 3.63) is 46.2 Å². The fourth-order valence-corrected chi connectivity index (χ4v) is 4.62. The minimum Gasteiger partial charge on any atom is -0.352 e. The van der Waals surface area contributed by atoms with E-state index in [0.29, 0.717) is 29.4 Å². The third kappa shape index (κ3) is 3.04. The van der Waals surface area contributed by atoms with E-state index in [1.165, 1.54) is 6.07 Å². The summed E-state index contributed by atoms with van der Waals surface area (Å²) in [6, 6.07) is 8.34. The largest absolute Gasteiger partial charge is 0.352 e. The number of hydrogen-bond donors (Lipinski definition) is 2. The van der Waals surface area contributed by atoms with Crippen molar-refractivity contribution in [2.75, 3.05) is 18.1 Å². The number of amides is 1. The molecular weight excluding hydrogens is 304 g/mol. The Balaban J connectivity index is 1.80.